The van der Waals surface area contributed by atoms with Gasteiger partial charge in [-0.3, -0.25) is 14.9 Å². The Hall–Kier alpha value is -3.68. The first-order valence-corrected chi connectivity index (χ1v) is 15.2. The number of anilines is 1. The van der Waals surface area contributed by atoms with Crippen LogP contribution < -0.4 is 4.90 Å². The van der Waals surface area contributed by atoms with Gasteiger partial charge in [-0.05, 0) is 97.2 Å². The van der Waals surface area contributed by atoms with Crippen LogP contribution in [0.3, 0.4) is 0 Å². The Morgan fingerprint density at radius 2 is 1.64 bits per heavy atom. The molecule has 0 aromatic heterocycles. The smallest absolute Gasteiger partial charge is 0.293 e. The lowest BCUT2D eigenvalue weighted by Crippen LogP contribution is -2.33. The van der Waals surface area contributed by atoms with Gasteiger partial charge in [-0.15, -0.1) is 0 Å². The van der Waals surface area contributed by atoms with Gasteiger partial charge in [-0.1, -0.05) is 54.4 Å². The number of carbonyl (C=O) groups excluding carboxylic acids is 1. The number of allylic oxidation sites excluding steroid dienone is 1. The molecule has 3 aromatic rings. The molecule has 0 spiro atoms. The minimum absolute atomic E-state index is 0.0277. The minimum atomic E-state index is -0.387. The van der Waals surface area contributed by atoms with Crippen LogP contribution >= 0.6 is 23.2 Å². The fourth-order valence-corrected chi connectivity index (χ4v) is 6.80. The molecule has 3 aromatic carbocycles. The summed E-state index contributed by atoms with van der Waals surface area (Å²) in [6, 6.07) is 19.7. The van der Waals surface area contributed by atoms with Crippen LogP contribution in [-0.2, 0) is 0 Å². The summed E-state index contributed by atoms with van der Waals surface area (Å²) in [6.07, 6.45) is 6.94. The number of nitrogens with zero attached hydrogens (tertiary/aromatic N) is 4. The molecule has 1 saturated carbocycles. The summed E-state index contributed by atoms with van der Waals surface area (Å²) >= 11 is 12.3. The van der Waals surface area contributed by atoms with Crippen molar-refractivity contribution in [3.8, 4) is 0 Å². The molecule has 0 N–H and O–H groups in total. The number of nitro benzene ring substituents is 1. The number of fused-ring (bicyclic) bond motifs is 1. The van der Waals surface area contributed by atoms with E-state index in [1.165, 1.54) is 11.1 Å². The van der Waals surface area contributed by atoms with Crippen LogP contribution in [0.25, 0.3) is 6.08 Å². The van der Waals surface area contributed by atoms with Gasteiger partial charge in [0.2, 0.25) is 0 Å². The van der Waals surface area contributed by atoms with Crippen LogP contribution in [-0.4, -0.2) is 34.6 Å². The second-order valence-corrected chi connectivity index (χ2v) is 12.4. The molecule has 2 heterocycles. The standard InChI is InChI=1S/C33H32Cl2N4O3/c1-21-17-25(19-22-5-10-26(34)11-6-22)31-28(18-21)32(23-7-12-27(35)13-8-23)38(36-31)33(40)24-9-14-29(30(20-24)39(41)42)37-15-3-2-4-16-37/h5-14,19-21,28,32H,2-4,15-18H2,1H3/b25-19+/t21-,28+,32-/m1/s1. The molecule has 2 aliphatic heterocycles. The average molecular weight is 604 g/mol. The van der Waals surface area contributed by atoms with Gasteiger partial charge in [-0.2, -0.15) is 5.10 Å². The molecule has 0 unspecified atom stereocenters. The van der Waals surface area contributed by atoms with Crippen molar-refractivity contribution in [3.05, 3.63) is 109 Å². The summed E-state index contributed by atoms with van der Waals surface area (Å²) < 4.78 is 0. The van der Waals surface area contributed by atoms with E-state index >= 15 is 0 Å². The highest BCUT2D eigenvalue weighted by molar-refractivity contribution is 6.30. The second-order valence-electron chi connectivity index (χ2n) is 11.5. The van der Waals surface area contributed by atoms with Crippen LogP contribution in [0.4, 0.5) is 11.4 Å². The Balaban J connectivity index is 1.41. The maximum atomic E-state index is 14.2. The van der Waals surface area contributed by atoms with E-state index in [1.54, 1.807) is 12.1 Å². The highest BCUT2D eigenvalue weighted by Gasteiger charge is 2.45. The quantitative estimate of drug-likeness (QED) is 0.216. The summed E-state index contributed by atoms with van der Waals surface area (Å²) in [7, 11) is 0. The Morgan fingerprint density at radius 3 is 2.31 bits per heavy atom. The third-order valence-corrected chi connectivity index (χ3v) is 9.02. The Labute approximate surface area is 255 Å². The van der Waals surface area contributed by atoms with Crippen LogP contribution in [0.1, 0.15) is 66.6 Å². The van der Waals surface area contributed by atoms with E-state index in [0.717, 1.165) is 67.6 Å². The molecule has 1 saturated heterocycles. The largest absolute Gasteiger partial charge is 0.366 e. The molecule has 0 bridgehead atoms. The monoisotopic (exact) mass is 602 g/mol. The Bertz CT molecular complexity index is 1560. The van der Waals surface area contributed by atoms with Crippen molar-refractivity contribution in [2.75, 3.05) is 18.0 Å². The van der Waals surface area contributed by atoms with Gasteiger partial charge in [0.15, 0.2) is 0 Å². The molecule has 1 amide bonds. The second kappa shape index (κ2) is 11.9. The molecule has 1 aliphatic carbocycles. The molecule has 3 aliphatic rings. The Morgan fingerprint density at radius 1 is 0.976 bits per heavy atom. The normalized spacial score (nSPS) is 23.1. The topological polar surface area (TPSA) is 79.0 Å². The zero-order valence-electron chi connectivity index (χ0n) is 23.4. The lowest BCUT2D eigenvalue weighted by molar-refractivity contribution is -0.384. The molecule has 9 heteroatoms. The van der Waals surface area contributed by atoms with Crippen LogP contribution in [0.5, 0.6) is 0 Å². The molecule has 3 atom stereocenters. The lowest BCUT2D eigenvalue weighted by Gasteiger charge is -2.32. The molecule has 42 heavy (non-hydrogen) atoms. The predicted molar refractivity (Wildman–Crippen MR) is 168 cm³/mol. The van der Waals surface area contributed by atoms with Crippen molar-refractivity contribution in [1.29, 1.82) is 0 Å². The van der Waals surface area contributed by atoms with Gasteiger partial charge >= 0.3 is 0 Å². The third-order valence-electron chi connectivity index (χ3n) is 8.51. The molecule has 2 fully saturated rings. The molecular weight excluding hydrogens is 571 g/mol. The number of nitro groups is 1. The van der Waals surface area contributed by atoms with Crippen molar-refractivity contribution in [2.24, 2.45) is 16.9 Å². The number of hydrazone groups is 1. The zero-order chi connectivity index (χ0) is 29.4. The van der Waals surface area contributed by atoms with Gasteiger partial charge in [-0.25, -0.2) is 5.01 Å². The van der Waals surface area contributed by atoms with E-state index in [2.05, 4.69) is 13.0 Å². The fourth-order valence-electron chi connectivity index (χ4n) is 6.55. The highest BCUT2D eigenvalue weighted by Crippen LogP contribution is 2.47. The molecular formula is C33H32Cl2N4O3. The summed E-state index contributed by atoms with van der Waals surface area (Å²) in [6.45, 7) is 3.77. The van der Waals surface area contributed by atoms with Gasteiger partial charge in [0.25, 0.3) is 11.6 Å². The predicted octanol–water partition coefficient (Wildman–Crippen LogP) is 8.57. The van der Waals surface area contributed by atoms with Gasteiger partial charge in [0.05, 0.1) is 16.7 Å². The third kappa shape index (κ3) is 5.68. The zero-order valence-corrected chi connectivity index (χ0v) is 24.9. The maximum absolute atomic E-state index is 14.2. The van der Waals surface area contributed by atoms with E-state index in [1.807, 2.05) is 53.4 Å². The number of halogens is 2. The first-order valence-electron chi connectivity index (χ1n) is 14.5. The van der Waals surface area contributed by atoms with Crippen molar-refractivity contribution in [2.45, 2.75) is 45.1 Å². The number of benzene rings is 3. The van der Waals surface area contributed by atoms with Crippen molar-refractivity contribution >= 4 is 52.3 Å². The van der Waals surface area contributed by atoms with Gasteiger partial charge in [0, 0.05) is 40.7 Å². The number of rotatable bonds is 5. The molecule has 0 radical (unpaired) electrons. The number of amides is 1. The maximum Gasteiger partial charge on any atom is 0.293 e. The highest BCUT2D eigenvalue weighted by atomic mass is 35.5. The van der Waals surface area contributed by atoms with Crippen molar-refractivity contribution in [3.63, 3.8) is 0 Å². The van der Waals surface area contributed by atoms with Crippen LogP contribution in [0.15, 0.2) is 77.4 Å². The van der Waals surface area contributed by atoms with Gasteiger partial charge in [0.1, 0.15) is 5.69 Å². The van der Waals surface area contributed by atoms with E-state index in [0.29, 0.717) is 21.7 Å². The summed E-state index contributed by atoms with van der Waals surface area (Å²) in [4.78, 5) is 28.0. The number of hydrogen-bond acceptors (Lipinski definition) is 5. The van der Waals surface area contributed by atoms with E-state index in [-0.39, 0.29) is 34.0 Å². The number of carbonyl (C=O) groups is 1. The van der Waals surface area contributed by atoms with Gasteiger partial charge < -0.3 is 4.90 Å². The first kappa shape index (κ1) is 28.4. The Kier molecular flexibility index (Phi) is 8.06. The SMILES string of the molecule is C[C@@H]1C/C(=C\c2ccc(Cl)cc2)C2=NN(C(=O)c3ccc(N4CCCCC4)c([N+](=O)[O-])c3)[C@H](c3ccc(Cl)cc3)[C@H]2C1. The minimum Gasteiger partial charge on any atom is -0.366 e. The van der Waals surface area contributed by atoms with E-state index in [4.69, 9.17) is 28.3 Å². The van der Waals surface area contributed by atoms with Crippen molar-refractivity contribution < 1.29 is 9.72 Å². The number of piperidine rings is 1. The van der Waals surface area contributed by atoms with Crippen molar-refractivity contribution in [1.82, 2.24) is 5.01 Å². The van der Waals surface area contributed by atoms with Crippen LogP contribution in [0.2, 0.25) is 10.0 Å². The lowest BCUT2D eigenvalue weighted by atomic mass is 9.73. The summed E-state index contributed by atoms with van der Waals surface area (Å²) in [5, 5.41) is 20.0. The number of hydrogen-bond donors (Lipinski definition) is 0. The van der Waals surface area contributed by atoms with E-state index < -0.39 is 0 Å². The van der Waals surface area contributed by atoms with Crippen LogP contribution in [0, 0.1) is 22.0 Å². The summed E-state index contributed by atoms with van der Waals surface area (Å²) in [5.41, 5.74) is 4.68. The average Bonchev–Trinajstić information content (AvgIpc) is 3.38. The first-order chi connectivity index (χ1) is 20.3. The molecule has 6 rings (SSSR count). The van der Waals surface area contributed by atoms with E-state index in [9.17, 15) is 14.9 Å². The summed E-state index contributed by atoms with van der Waals surface area (Å²) in [5.74, 6) is -0.00839. The molecule has 7 nitrogen and oxygen atoms in total. The fraction of sp³-hybridized carbons (Fsp3) is 0.333. The molecule has 216 valence electrons.